The van der Waals surface area contributed by atoms with Crippen LogP contribution in [-0.4, -0.2) is 66.1 Å². The molecule has 0 radical (unpaired) electrons. The second-order valence-corrected chi connectivity index (χ2v) is 9.25. The van der Waals surface area contributed by atoms with Crippen LogP contribution in [0.2, 0.25) is 0 Å². The first-order valence-corrected chi connectivity index (χ1v) is 12.4. The zero-order valence-corrected chi connectivity index (χ0v) is 20.9. The van der Waals surface area contributed by atoms with Crippen molar-refractivity contribution in [1.82, 2.24) is 15.1 Å². The summed E-state index contributed by atoms with van der Waals surface area (Å²) >= 11 is 0. The lowest BCUT2D eigenvalue weighted by Crippen LogP contribution is -2.59. The molecule has 10 heteroatoms. The Labute approximate surface area is 219 Å². The smallest absolute Gasteiger partial charge is 0.257 e. The number of amides is 3. The van der Waals surface area contributed by atoms with Crippen LogP contribution < -0.4 is 10.1 Å². The summed E-state index contributed by atoms with van der Waals surface area (Å²) in [6.45, 7) is 0.633. The van der Waals surface area contributed by atoms with Crippen molar-refractivity contribution in [3.05, 3.63) is 89.6 Å². The minimum atomic E-state index is -1.10. The van der Waals surface area contributed by atoms with E-state index >= 15 is 0 Å². The first kappa shape index (κ1) is 25.5. The molecule has 0 bridgehead atoms. The highest BCUT2D eigenvalue weighted by atomic mass is 19.1. The van der Waals surface area contributed by atoms with Crippen LogP contribution in [0, 0.1) is 5.82 Å². The average molecular weight is 522 g/mol. The van der Waals surface area contributed by atoms with E-state index in [-0.39, 0.29) is 56.5 Å². The topological polar surface area (TPSA) is 101 Å². The molecule has 0 unspecified atom stereocenters. The summed E-state index contributed by atoms with van der Waals surface area (Å²) in [6, 6.07) is 15.1. The molecule has 3 amide bonds. The highest BCUT2D eigenvalue weighted by molar-refractivity contribution is 5.99. The number of ether oxygens (including phenoxy) is 2. The number of halogens is 1. The van der Waals surface area contributed by atoms with Crippen LogP contribution in [-0.2, 0) is 16.1 Å². The number of hydrogen-bond acceptors (Lipinski definition) is 6. The van der Waals surface area contributed by atoms with Crippen molar-refractivity contribution in [3.8, 4) is 5.75 Å². The third-order valence-electron chi connectivity index (χ3n) is 7.05. The molecule has 3 aromatic rings. The maximum Gasteiger partial charge on any atom is 0.257 e. The normalized spacial score (nSPS) is 18.4. The van der Waals surface area contributed by atoms with Crippen LogP contribution in [0.5, 0.6) is 5.75 Å². The first-order valence-electron chi connectivity index (χ1n) is 12.4. The summed E-state index contributed by atoms with van der Waals surface area (Å²) in [7, 11) is 1.51. The van der Waals surface area contributed by atoms with Gasteiger partial charge in [-0.1, -0.05) is 18.2 Å². The molecule has 1 spiro atoms. The minimum absolute atomic E-state index is 0.000949. The Kier molecular flexibility index (Phi) is 7.15. The second kappa shape index (κ2) is 10.7. The van der Waals surface area contributed by atoms with Gasteiger partial charge < -0.3 is 24.1 Å². The molecule has 2 aromatic carbocycles. The fourth-order valence-electron chi connectivity index (χ4n) is 5.03. The Morgan fingerprint density at radius 1 is 1.05 bits per heavy atom. The maximum absolute atomic E-state index is 14.2. The van der Waals surface area contributed by atoms with E-state index in [1.54, 1.807) is 47.4 Å². The van der Waals surface area contributed by atoms with E-state index < -0.39 is 23.5 Å². The summed E-state index contributed by atoms with van der Waals surface area (Å²) in [4.78, 5) is 43.2. The molecule has 198 valence electrons. The third kappa shape index (κ3) is 4.87. The largest absolute Gasteiger partial charge is 0.497 e. The van der Waals surface area contributed by atoms with Crippen LogP contribution in [0.4, 0.5) is 4.39 Å². The van der Waals surface area contributed by atoms with Gasteiger partial charge in [-0.2, -0.15) is 0 Å². The average Bonchev–Trinajstić information content (AvgIpc) is 3.60. The number of hydrogen-bond donors (Lipinski definition) is 1. The molecule has 2 aliphatic rings. The number of nitrogens with one attached hydrogen (secondary N) is 1. The van der Waals surface area contributed by atoms with Gasteiger partial charge in [-0.25, -0.2) is 4.39 Å². The number of piperidine rings is 1. The Bertz CT molecular complexity index is 1320. The van der Waals surface area contributed by atoms with Gasteiger partial charge in [-0.3, -0.25) is 19.3 Å². The Morgan fingerprint density at radius 2 is 1.84 bits per heavy atom. The highest BCUT2D eigenvalue weighted by Crippen LogP contribution is 2.39. The van der Waals surface area contributed by atoms with Crippen molar-refractivity contribution in [2.24, 2.45) is 0 Å². The van der Waals surface area contributed by atoms with Gasteiger partial charge in [0.1, 0.15) is 29.1 Å². The molecule has 2 saturated heterocycles. The number of carbonyl (C=O) groups excluding carboxylic acids is 3. The highest BCUT2D eigenvalue weighted by Gasteiger charge is 2.54. The van der Waals surface area contributed by atoms with Crippen LogP contribution in [0.3, 0.4) is 0 Å². The summed E-state index contributed by atoms with van der Waals surface area (Å²) in [5, 5.41) is 2.83. The SMILES string of the molecule is COc1cccc(C(=O)N2[C@@H](C(=O)NCc3ccco3)COC23CCN(C(=O)c2ccccc2F)CC3)c1. The summed E-state index contributed by atoms with van der Waals surface area (Å²) in [5.74, 6) is -0.674. The molecule has 9 nitrogen and oxygen atoms in total. The molecule has 0 saturated carbocycles. The number of carbonyl (C=O) groups is 3. The molecule has 1 N–H and O–H groups in total. The van der Waals surface area contributed by atoms with E-state index in [9.17, 15) is 18.8 Å². The van der Waals surface area contributed by atoms with Gasteiger partial charge in [-0.15, -0.1) is 0 Å². The van der Waals surface area contributed by atoms with E-state index in [2.05, 4.69) is 5.32 Å². The monoisotopic (exact) mass is 521 g/mol. The van der Waals surface area contributed by atoms with Crippen molar-refractivity contribution < 1.29 is 32.7 Å². The van der Waals surface area contributed by atoms with Gasteiger partial charge in [0.05, 0.1) is 32.1 Å². The van der Waals surface area contributed by atoms with Gasteiger partial charge >= 0.3 is 0 Å². The summed E-state index contributed by atoms with van der Waals surface area (Å²) < 4.78 is 31.0. The molecular weight excluding hydrogens is 493 g/mol. The van der Waals surface area contributed by atoms with E-state index in [1.165, 1.54) is 36.5 Å². The van der Waals surface area contributed by atoms with Gasteiger partial charge in [0.2, 0.25) is 5.91 Å². The fraction of sp³-hybridized carbons (Fsp3) is 0.321. The lowest BCUT2D eigenvalue weighted by molar-refractivity contribution is -0.128. The van der Waals surface area contributed by atoms with Crippen molar-refractivity contribution >= 4 is 17.7 Å². The van der Waals surface area contributed by atoms with E-state index in [1.807, 2.05) is 0 Å². The molecule has 1 aromatic heterocycles. The molecule has 3 heterocycles. The van der Waals surface area contributed by atoms with Gasteiger partial charge in [0.25, 0.3) is 11.8 Å². The van der Waals surface area contributed by atoms with Crippen LogP contribution in [0.15, 0.2) is 71.3 Å². The van der Waals surface area contributed by atoms with Crippen molar-refractivity contribution in [2.45, 2.75) is 31.2 Å². The van der Waals surface area contributed by atoms with Crippen molar-refractivity contribution in [1.29, 1.82) is 0 Å². The van der Waals surface area contributed by atoms with Gasteiger partial charge in [0.15, 0.2) is 0 Å². The second-order valence-electron chi connectivity index (χ2n) is 9.25. The Hall–Kier alpha value is -4.18. The predicted molar refractivity (Wildman–Crippen MR) is 134 cm³/mol. The fourth-order valence-corrected chi connectivity index (χ4v) is 5.03. The Morgan fingerprint density at radius 3 is 2.55 bits per heavy atom. The summed E-state index contributed by atoms with van der Waals surface area (Å²) in [5.41, 5.74) is -0.753. The zero-order valence-electron chi connectivity index (χ0n) is 20.9. The minimum Gasteiger partial charge on any atom is -0.497 e. The lowest BCUT2D eigenvalue weighted by Gasteiger charge is -2.44. The van der Waals surface area contributed by atoms with E-state index in [0.29, 0.717) is 17.1 Å². The summed E-state index contributed by atoms with van der Waals surface area (Å²) in [6.07, 6.45) is 2.06. The molecule has 2 fully saturated rings. The van der Waals surface area contributed by atoms with Gasteiger partial charge in [-0.05, 0) is 42.5 Å². The third-order valence-corrected chi connectivity index (χ3v) is 7.05. The molecule has 5 rings (SSSR count). The van der Waals surface area contributed by atoms with Crippen LogP contribution in [0.1, 0.15) is 39.3 Å². The van der Waals surface area contributed by atoms with Gasteiger partial charge in [0, 0.05) is 31.5 Å². The van der Waals surface area contributed by atoms with Crippen LogP contribution >= 0.6 is 0 Å². The van der Waals surface area contributed by atoms with Crippen LogP contribution in [0.25, 0.3) is 0 Å². The first-order chi connectivity index (χ1) is 18.4. The number of furan rings is 1. The molecule has 2 aliphatic heterocycles. The quantitative estimate of drug-likeness (QED) is 0.535. The number of likely N-dealkylation sites (tertiary alicyclic amines) is 1. The molecule has 38 heavy (non-hydrogen) atoms. The number of nitrogens with zero attached hydrogens (tertiary/aromatic N) is 2. The Balaban J connectivity index is 1.38. The van der Waals surface area contributed by atoms with E-state index in [0.717, 1.165) is 0 Å². The molecule has 1 atom stereocenters. The lowest BCUT2D eigenvalue weighted by atomic mass is 9.96. The molecular formula is C28H28FN3O6. The maximum atomic E-state index is 14.2. The van der Waals surface area contributed by atoms with Crippen molar-refractivity contribution in [3.63, 3.8) is 0 Å². The van der Waals surface area contributed by atoms with E-state index in [4.69, 9.17) is 13.9 Å². The predicted octanol–water partition coefficient (Wildman–Crippen LogP) is 3.22. The van der Waals surface area contributed by atoms with Crippen molar-refractivity contribution in [2.75, 3.05) is 26.8 Å². The zero-order chi connectivity index (χ0) is 26.7. The number of benzene rings is 2. The number of rotatable bonds is 6. The molecule has 0 aliphatic carbocycles. The number of methoxy groups -OCH3 is 1. The standard InChI is InChI=1S/C28H28FN3O6/c1-36-20-7-4-6-19(16-20)26(34)32-24(25(33)30-17-21-8-5-15-37-21)18-38-28(32)11-13-31(14-12-28)27(35)22-9-2-3-10-23(22)29/h2-10,15-16,24H,11-14,17-18H2,1H3,(H,30,33)/t24-/m1/s1.